The molecule has 2 aromatic rings. The van der Waals surface area contributed by atoms with Gasteiger partial charge in [-0.3, -0.25) is 5.41 Å². The number of hydrogen-bond acceptors (Lipinski definition) is 3. The van der Waals surface area contributed by atoms with E-state index in [1.54, 1.807) is 31.6 Å². The molecule has 0 aliphatic rings. The summed E-state index contributed by atoms with van der Waals surface area (Å²) < 4.78 is 10.7. The zero-order valence-electron chi connectivity index (χ0n) is 10.9. The van der Waals surface area contributed by atoms with Crippen molar-refractivity contribution in [3.63, 3.8) is 0 Å². The van der Waals surface area contributed by atoms with Crippen LogP contribution in [-0.2, 0) is 0 Å². The molecule has 0 bridgehead atoms. The Balaban J connectivity index is 2.93. The maximum atomic E-state index is 7.36. The van der Waals surface area contributed by atoms with Gasteiger partial charge in [-0.1, -0.05) is 6.58 Å². The molecule has 0 fully saturated rings. The van der Waals surface area contributed by atoms with Crippen molar-refractivity contribution in [1.82, 2.24) is 0 Å². The largest absolute Gasteiger partial charge is 0.497 e. The molecule has 0 saturated carbocycles. The highest BCUT2D eigenvalue weighted by atomic mass is 16.5. The lowest BCUT2D eigenvalue weighted by Crippen LogP contribution is -2.17. The molecular formula is C14H15N3O2. The summed E-state index contributed by atoms with van der Waals surface area (Å²) in [6, 6.07) is 5.38. The summed E-state index contributed by atoms with van der Waals surface area (Å²) in [5.41, 5.74) is 7.53. The summed E-state index contributed by atoms with van der Waals surface area (Å²) in [7, 11) is 1.59. The smallest absolute Gasteiger partial charge is 0.213 e. The zero-order chi connectivity index (χ0) is 14.0. The number of allylic oxidation sites excluding steroid dienone is 1. The van der Waals surface area contributed by atoms with Crippen LogP contribution >= 0.6 is 0 Å². The van der Waals surface area contributed by atoms with Crippen LogP contribution in [0.25, 0.3) is 16.5 Å². The summed E-state index contributed by atoms with van der Waals surface area (Å²) in [6.07, 6.45) is 1.57. The molecule has 0 unspecified atom stereocenters. The maximum Gasteiger partial charge on any atom is 0.213 e. The maximum absolute atomic E-state index is 7.36. The van der Waals surface area contributed by atoms with Gasteiger partial charge < -0.3 is 14.9 Å². The van der Waals surface area contributed by atoms with Gasteiger partial charge in [0.25, 0.3) is 0 Å². The molecule has 19 heavy (non-hydrogen) atoms. The van der Waals surface area contributed by atoms with Crippen molar-refractivity contribution in [3.8, 4) is 5.75 Å². The fourth-order valence-electron chi connectivity index (χ4n) is 1.79. The molecule has 0 aliphatic heterocycles. The van der Waals surface area contributed by atoms with Gasteiger partial charge in [-0.15, -0.1) is 0 Å². The van der Waals surface area contributed by atoms with Crippen LogP contribution in [0.5, 0.6) is 5.75 Å². The number of rotatable bonds is 2. The Labute approximate surface area is 110 Å². The first-order chi connectivity index (χ1) is 9.02. The molecule has 3 N–H and O–H groups in total. The van der Waals surface area contributed by atoms with Gasteiger partial charge in [0.15, 0.2) is 0 Å². The predicted molar refractivity (Wildman–Crippen MR) is 75.0 cm³/mol. The highest BCUT2D eigenvalue weighted by Gasteiger charge is 2.07. The molecule has 2 rings (SSSR count). The average Bonchev–Trinajstić information content (AvgIpc) is 2.37. The molecule has 0 amide bonds. The number of nitrogens with zero attached hydrogens (tertiary/aromatic N) is 1. The standard InChI is InChI=1S/C14H15N3O2/c1-8(2)11-7-19-12-5-4-9(18-3)6-10(12)13(11)17-14(15)16/h4-7H,1H2,2-3H3,(H3,15,16)/b17-13+. The van der Waals surface area contributed by atoms with Crippen LogP contribution in [-0.4, -0.2) is 13.1 Å². The van der Waals surface area contributed by atoms with E-state index in [0.717, 1.165) is 16.5 Å². The van der Waals surface area contributed by atoms with Crippen molar-refractivity contribution in [2.75, 3.05) is 7.11 Å². The molecule has 0 aliphatic carbocycles. The van der Waals surface area contributed by atoms with E-state index in [9.17, 15) is 0 Å². The van der Waals surface area contributed by atoms with E-state index in [4.69, 9.17) is 20.3 Å². The SMILES string of the molecule is C=C(C)c1coc2ccc(OC)cc2/c1=N\C(=N)N. The second kappa shape index (κ2) is 4.97. The first kappa shape index (κ1) is 12.9. The molecule has 5 nitrogen and oxygen atoms in total. The first-order valence-corrected chi connectivity index (χ1v) is 5.67. The summed E-state index contributed by atoms with van der Waals surface area (Å²) >= 11 is 0. The Kier molecular flexibility index (Phi) is 3.37. The minimum Gasteiger partial charge on any atom is -0.497 e. The Morgan fingerprint density at radius 1 is 1.47 bits per heavy atom. The molecule has 0 radical (unpaired) electrons. The fraction of sp³-hybridized carbons (Fsp3) is 0.143. The Bertz CT molecular complexity index is 729. The van der Waals surface area contributed by atoms with Gasteiger partial charge in [0.1, 0.15) is 17.6 Å². The lowest BCUT2D eigenvalue weighted by molar-refractivity contribution is 0.415. The van der Waals surface area contributed by atoms with E-state index in [-0.39, 0.29) is 5.96 Å². The lowest BCUT2D eigenvalue weighted by Gasteiger charge is -2.06. The monoisotopic (exact) mass is 257 g/mol. The molecule has 0 spiro atoms. The van der Waals surface area contributed by atoms with Gasteiger partial charge in [0, 0.05) is 10.9 Å². The van der Waals surface area contributed by atoms with Crippen molar-refractivity contribution >= 4 is 22.5 Å². The topological polar surface area (TPSA) is 84.6 Å². The Hall–Kier alpha value is -2.56. The average molecular weight is 257 g/mol. The number of fused-ring (bicyclic) bond motifs is 1. The minimum atomic E-state index is -0.266. The summed E-state index contributed by atoms with van der Waals surface area (Å²) in [5.74, 6) is 0.416. The van der Waals surface area contributed by atoms with E-state index >= 15 is 0 Å². The number of ether oxygens (including phenoxy) is 1. The van der Waals surface area contributed by atoms with Crippen LogP contribution < -0.4 is 15.8 Å². The summed E-state index contributed by atoms with van der Waals surface area (Å²) in [6.45, 7) is 5.72. The molecule has 5 heteroatoms. The highest BCUT2D eigenvalue weighted by Crippen LogP contribution is 2.20. The number of nitrogens with two attached hydrogens (primary N) is 1. The molecule has 1 heterocycles. The third kappa shape index (κ3) is 2.49. The lowest BCUT2D eigenvalue weighted by atomic mass is 10.1. The van der Waals surface area contributed by atoms with E-state index < -0.39 is 0 Å². The second-order valence-corrected chi connectivity index (χ2v) is 4.14. The van der Waals surface area contributed by atoms with Crippen LogP contribution in [0.1, 0.15) is 12.5 Å². The Morgan fingerprint density at radius 2 is 2.21 bits per heavy atom. The quantitative estimate of drug-likeness (QED) is 0.639. The number of nitrogens with one attached hydrogen (secondary N) is 1. The summed E-state index contributed by atoms with van der Waals surface area (Å²) in [5, 5.41) is 8.66. The number of guanidine groups is 1. The number of benzene rings is 1. The van der Waals surface area contributed by atoms with E-state index in [2.05, 4.69) is 11.6 Å². The van der Waals surface area contributed by atoms with Crippen molar-refractivity contribution in [2.45, 2.75) is 6.92 Å². The molecular weight excluding hydrogens is 242 g/mol. The molecule has 98 valence electrons. The van der Waals surface area contributed by atoms with E-state index in [1.165, 1.54) is 0 Å². The van der Waals surface area contributed by atoms with Crippen LogP contribution in [0.4, 0.5) is 0 Å². The normalized spacial score (nSPS) is 11.6. The van der Waals surface area contributed by atoms with Gasteiger partial charge in [0.2, 0.25) is 5.96 Å². The van der Waals surface area contributed by atoms with Crippen molar-refractivity contribution in [3.05, 3.63) is 42.0 Å². The van der Waals surface area contributed by atoms with Crippen molar-refractivity contribution in [1.29, 1.82) is 5.41 Å². The number of methoxy groups -OCH3 is 1. The highest BCUT2D eigenvalue weighted by molar-refractivity contribution is 5.84. The van der Waals surface area contributed by atoms with Crippen LogP contribution in [0.2, 0.25) is 0 Å². The van der Waals surface area contributed by atoms with Gasteiger partial charge in [0.05, 0.1) is 12.5 Å². The zero-order valence-corrected chi connectivity index (χ0v) is 10.9. The fourth-order valence-corrected chi connectivity index (χ4v) is 1.79. The molecule has 0 atom stereocenters. The number of hydrogen-bond donors (Lipinski definition) is 2. The molecule has 0 saturated heterocycles. The predicted octanol–water partition coefficient (Wildman–Crippen LogP) is 2.27. The molecule has 1 aromatic heterocycles. The van der Waals surface area contributed by atoms with Gasteiger partial charge in [-0.25, -0.2) is 4.99 Å². The van der Waals surface area contributed by atoms with Crippen molar-refractivity contribution in [2.24, 2.45) is 10.7 Å². The minimum absolute atomic E-state index is 0.266. The third-order valence-corrected chi connectivity index (χ3v) is 2.69. The molecule has 1 aromatic carbocycles. The van der Waals surface area contributed by atoms with Crippen LogP contribution in [0, 0.1) is 5.41 Å². The third-order valence-electron chi connectivity index (χ3n) is 2.69. The van der Waals surface area contributed by atoms with Gasteiger partial charge in [-0.05, 0) is 30.7 Å². The second-order valence-electron chi connectivity index (χ2n) is 4.14. The van der Waals surface area contributed by atoms with E-state index in [1.807, 2.05) is 6.92 Å². The van der Waals surface area contributed by atoms with Crippen molar-refractivity contribution < 1.29 is 9.15 Å². The first-order valence-electron chi connectivity index (χ1n) is 5.67. The van der Waals surface area contributed by atoms with Crippen LogP contribution in [0.15, 0.2) is 40.5 Å². The van der Waals surface area contributed by atoms with Gasteiger partial charge >= 0.3 is 0 Å². The Morgan fingerprint density at radius 3 is 2.79 bits per heavy atom. The van der Waals surface area contributed by atoms with E-state index in [0.29, 0.717) is 16.7 Å². The summed E-state index contributed by atoms with van der Waals surface area (Å²) in [4.78, 5) is 4.07. The van der Waals surface area contributed by atoms with Gasteiger partial charge in [-0.2, -0.15) is 0 Å². The van der Waals surface area contributed by atoms with Crippen LogP contribution in [0.3, 0.4) is 0 Å².